The molecule has 0 bridgehead atoms. The van der Waals surface area contributed by atoms with Crippen molar-refractivity contribution in [1.82, 2.24) is 10.2 Å². The van der Waals surface area contributed by atoms with Gasteiger partial charge in [0.25, 0.3) is 10.0 Å². The highest BCUT2D eigenvalue weighted by atomic mass is 32.2. The smallest absolute Gasteiger partial charge is 0.267 e. The second-order valence-electron chi connectivity index (χ2n) is 3.76. The Bertz CT molecular complexity index is 649. The number of sulfonamides is 1. The number of aromatic amines is 1. The summed E-state index contributed by atoms with van der Waals surface area (Å²) in [7, 11) is -3.70. The number of benzene rings is 1. The number of aryl methyl sites for hydroxylation is 1. The quantitative estimate of drug-likeness (QED) is 0.777. The summed E-state index contributed by atoms with van der Waals surface area (Å²) >= 11 is 0. The molecule has 2 rings (SSSR count). The summed E-state index contributed by atoms with van der Waals surface area (Å²) in [5.41, 5.74) is 6.99. The third kappa shape index (κ3) is 2.30. The molecule has 6 nitrogen and oxygen atoms in total. The monoisotopic (exact) mass is 266 g/mol. The molecule has 0 saturated heterocycles. The minimum atomic E-state index is -3.70. The maximum absolute atomic E-state index is 12.1. The van der Waals surface area contributed by atoms with Crippen LogP contribution < -0.4 is 10.5 Å². The fourth-order valence-corrected chi connectivity index (χ4v) is 2.75. The van der Waals surface area contributed by atoms with Gasteiger partial charge in [-0.3, -0.25) is 9.82 Å². The summed E-state index contributed by atoms with van der Waals surface area (Å²) < 4.78 is 26.7. The fourth-order valence-electron chi connectivity index (χ4n) is 1.63. The molecular formula is C11H14N4O2S. The number of nitrogens with one attached hydrogen (secondary N) is 2. The number of nitrogen functional groups attached to an aromatic ring is 1. The number of hydrogen-bond donors (Lipinski definition) is 3. The molecule has 0 aliphatic rings. The van der Waals surface area contributed by atoms with E-state index in [0.717, 1.165) is 12.0 Å². The molecule has 1 heterocycles. The number of para-hydroxylation sites is 1. The van der Waals surface area contributed by atoms with Crippen LogP contribution in [0.4, 0.5) is 11.5 Å². The lowest BCUT2D eigenvalue weighted by Crippen LogP contribution is -2.15. The van der Waals surface area contributed by atoms with Gasteiger partial charge in [0.15, 0.2) is 0 Å². The van der Waals surface area contributed by atoms with Crippen molar-refractivity contribution in [2.45, 2.75) is 18.2 Å². The van der Waals surface area contributed by atoms with Crippen LogP contribution in [-0.2, 0) is 16.4 Å². The first-order valence-electron chi connectivity index (χ1n) is 5.44. The Kier molecular flexibility index (Phi) is 3.24. The molecule has 0 unspecified atom stereocenters. The van der Waals surface area contributed by atoms with E-state index in [1.165, 1.54) is 6.20 Å². The predicted octanol–water partition coefficient (Wildman–Crippen LogP) is 1.36. The Morgan fingerprint density at radius 3 is 2.72 bits per heavy atom. The van der Waals surface area contributed by atoms with E-state index in [-0.39, 0.29) is 10.7 Å². The number of aromatic nitrogens is 2. The van der Waals surface area contributed by atoms with E-state index in [4.69, 9.17) is 5.73 Å². The van der Waals surface area contributed by atoms with E-state index in [1.54, 1.807) is 12.1 Å². The molecule has 1 aromatic carbocycles. The minimum absolute atomic E-state index is 0.0245. The number of anilines is 2. The zero-order chi connectivity index (χ0) is 13.2. The molecular weight excluding hydrogens is 252 g/mol. The van der Waals surface area contributed by atoms with Gasteiger partial charge in [-0.05, 0) is 18.1 Å². The van der Waals surface area contributed by atoms with E-state index < -0.39 is 10.0 Å². The summed E-state index contributed by atoms with van der Waals surface area (Å²) in [4.78, 5) is -0.0478. The summed E-state index contributed by atoms with van der Waals surface area (Å²) in [5, 5.41) is 6.00. The summed E-state index contributed by atoms with van der Waals surface area (Å²) in [6.45, 7) is 1.96. The van der Waals surface area contributed by atoms with Gasteiger partial charge in [-0.2, -0.15) is 5.10 Å². The van der Waals surface area contributed by atoms with Gasteiger partial charge in [0.05, 0.1) is 11.9 Å². The van der Waals surface area contributed by atoms with Crippen molar-refractivity contribution in [3.63, 3.8) is 0 Å². The van der Waals surface area contributed by atoms with E-state index in [2.05, 4.69) is 14.9 Å². The topological polar surface area (TPSA) is 101 Å². The number of rotatable bonds is 4. The zero-order valence-corrected chi connectivity index (χ0v) is 10.7. The number of hydrogen-bond acceptors (Lipinski definition) is 4. The molecule has 0 radical (unpaired) electrons. The van der Waals surface area contributed by atoms with Crippen LogP contribution in [0.15, 0.2) is 35.4 Å². The van der Waals surface area contributed by atoms with Crippen LogP contribution in [0.2, 0.25) is 0 Å². The van der Waals surface area contributed by atoms with Crippen LogP contribution in [0.25, 0.3) is 0 Å². The molecule has 96 valence electrons. The van der Waals surface area contributed by atoms with Crippen molar-refractivity contribution < 1.29 is 8.42 Å². The maximum atomic E-state index is 12.1. The van der Waals surface area contributed by atoms with Gasteiger partial charge in [0.1, 0.15) is 10.7 Å². The number of H-pyrrole nitrogens is 1. The first-order chi connectivity index (χ1) is 8.54. The SMILES string of the molecule is CCc1ccccc1NS(=O)(=O)c1cn[nH]c1N. The maximum Gasteiger partial charge on any atom is 0.267 e. The second kappa shape index (κ2) is 4.69. The molecule has 0 aliphatic heterocycles. The van der Waals surface area contributed by atoms with E-state index in [9.17, 15) is 8.42 Å². The van der Waals surface area contributed by atoms with Crippen LogP contribution in [0, 0.1) is 0 Å². The van der Waals surface area contributed by atoms with Crippen molar-refractivity contribution in [3.05, 3.63) is 36.0 Å². The van der Waals surface area contributed by atoms with Gasteiger partial charge >= 0.3 is 0 Å². The Hall–Kier alpha value is -2.02. The van der Waals surface area contributed by atoms with E-state index in [1.807, 2.05) is 19.1 Å². The molecule has 0 fully saturated rings. The minimum Gasteiger partial charge on any atom is -0.383 e. The van der Waals surface area contributed by atoms with Crippen molar-refractivity contribution >= 4 is 21.5 Å². The first-order valence-corrected chi connectivity index (χ1v) is 6.92. The average Bonchev–Trinajstić information content (AvgIpc) is 2.76. The second-order valence-corrected chi connectivity index (χ2v) is 5.41. The van der Waals surface area contributed by atoms with Gasteiger partial charge in [-0.1, -0.05) is 25.1 Å². The Morgan fingerprint density at radius 2 is 2.11 bits per heavy atom. The largest absolute Gasteiger partial charge is 0.383 e. The molecule has 18 heavy (non-hydrogen) atoms. The molecule has 0 amide bonds. The highest BCUT2D eigenvalue weighted by Gasteiger charge is 2.20. The van der Waals surface area contributed by atoms with Crippen LogP contribution in [0.3, 0.4) is 0 Å². The van der Waals surface area contributed by atoms with Crippen LogP contribution in [0.5, 0.6) is 0 Å². The zero-order valence-electron chi connectivity index (χ0n) is 9.84. The predicted molar refractivity (Wildman–Crippen MR) is 69.6 cm³/mol. The lowest BCUT2D eigenvalue weighted by atomic mass is 10.1. The molecule has 0 aliphatic carbocycles. The molecule has 0 spiro atoms. The van der Waals surface area contributed by atoms with Gasteiger partial charge in [-0.25, -0.2) is 8.42 Å². The Morgan fingerprint density at radius 1 is 1.39 bits per heavy atom. The van der Waals surface area contributed by atoms with Gasteiger partial charge in [0.2, 0.25) is 0 Å². The van der Waals surface area contributed by atoms with Crippen molar-refractivity contribution in [2.24, 2.45) is 0 Å². The van der Waals surface area contributed by atoms with E-state index in [0.29, 0.717) is 5.69 Å². The molecule has 1 aromatic heterocycles. The van der Waals surface area contributed by atoms with Crippen LogP contribution in [0.1, 0.15) is 12.5 Å². The standard InChI is InChI=1S/C11H14N4O2S/c1-2-8-5-3-4-6-9(8)15-18(16,17)10-7-13-14-11(10)12/h3-7,15H,2H2,1H3,(H3,12,13,14). The lowest BCUT2D eigenvalue weighted by Gasteiger charge is -2.10. The van der Waals surface area contributed by atoms with Crippen LogP contribution in [-0.4, -0.2) is 18.6 Å². The highest BCUT2D eigenvalue weighted by molar-refractivity contribution is 7.92. The third-order valence-corrected chi connectivity index (χ3v) is 3.96. The summed E-state index contributed by atoms with van der Waals surface area (Å²) in [6, 6.07) is 7.22. The van der Waals surface area contributed by atoms with Gasteiger partial charge < -0.3 is 5.73 Å². The fraction of sp³-hybridized carbons (Fsp3) is 0.182. The number of nitrogens with two attached hydrogens (primary N) is 1. The normalized spacial score (nSPS) is 11.4. The number of nitrogens with zero attached hydrogens (tertiary/aromatic N) is 1. The Balaban J connectivity index is 2.37. The summed E-state index contributed by atoms with van der Waals surface area (Å²) in [5.74, 6) is 0.0245. The lowest BCUT2D eigenvalue weighted by molar-refractivity contribution is 0.601. The first kappa shape index (κ1) is 12.4. The van der Waals surface area contributed by atoms with Gasteiger partial charge in [0, 0.05) is 0 Å². The van der Waals surface area contributed by atoms with Crippen molar-refractivity contribution in [3.8, 4) is 0 Å². The van der Waals surface area contributed by atoms with Gasteiger partial charge in [-0.15, -0.1) is 0 Å². The van der Waals surface area contributed by atoms with Crippen LogP contribution >= 0.6 is 0 Å². The average molecular weight is 266 g/mol. The van der Waals surface area contributed by atoms with Crippen molar-refractivity contribution in [2.75, 3.05) is 10.5 Å². The highest BCUT2D eigenvalue weighted by Crippen LogP contribution is 2.22. The molecule has 7 heteroatoms. The molecule has 2 aromatic rings. The summed E-state index contributed by atoms with van der Waals surface area (Å²) in [6.07, 6.45) is 1.92. The molecule has 0 saturated carbocycles. The van der Waals surface area contributed by atoms with Crippen molar-refractivity contribution in [1.29, 1.82) is 0 Å². The third-order valence-electron chi connectivity index (χ3n) is 2.56. The molecule has 4 N–H and O–H groups in total. The Labute approximate surface area is 105 Å². The van der Waals surface area contributed by atoms with E-state index >= 15 is 0 Å². The molecule has 0 atom stereocenters.